The number of aromatic hydroxyl groups is 1. The Morgan fingerprint density at radius 2 is 1.23 bits per heavy atom. The monoisotopic (exact) mass is 534 g/mol. The maximum Gasteiger partial charge on any atom is 0.115 e. The van der Waals surface area contributed by atoms with Gasteiger partial charge in [-0.3, -0.25) is 0 Å². The second-order valence-corrected chi connectivity index (χ2v) is 14.4. The first-order valence-electron chi connectivity index (χ1n) is 15.1. The molecule has 5 heteroatoms. The Hall–Kier alpha value is -1.92. The Balaban J connectivity index is 1.35. The highest BCUT2D eigenvalue weighted by atomic mass is 16.3. The summed E-state index contributed by atoms with van der Waals surface area (Å²) < 4.78 is 0. The average molecular weight is 535 g/mol. The van der Waals surface area contributed by atoms with Gasteiger partial charge in [0.15, 0.2) is 0 Å². The van der Waals surface area contributed by atoms with Crippen molar-refractivity contribution in [1.29, 1.82) is 0 Å². The van der Waals surface area contributed by atoms with Gasteiger partial charge in [0.2, 0.25) is 0 Å². The van der Waals surface area contributed by atoms with Crippen LogP contribution in [0.15, 0.2) is 54.6 Å². The fourth-order valence-corrected chi connectivity index (χ4v) is 7.50. The van der Waals surface area contributed by atoms with E-state index in [1.54, 1.807) is 12.1 Å². The predicted octanol–water partition coefficient (Wildman–Crippen LogP) is 6.08. The summed E-state index contributed by atoms with van der Waals surface area (Å²) in [6.07, 6.45) is 8.32. The summed E-state index contributed by atoms with van der Waals surface area (Å²) >= 11 is 0. The van der Waals surface area contributed by atoms with E-state index < -0.39 is 0 Å². The van der Waals surface area contributed by atoms with Crippen LogP contribution in [-0.2, 0) is 11.0 Å². The lowest BCUT2D eigenvalue weighted by Crippen LogP contribution is -2.69. The van der Waals surface area contributed by atoms with Crippen molar-refractivity contribution in [3.05, 3.63) is 65.7 Å². The van der Waals surface area contributed by atoms with E-state index in [2.05, 4.69) is 77.2 Å². The van der Waals surface area contributed by atoms with Gasteiger partial charge in [-0.05, 0) is 114 Å². The van der Waals surface area contributed by atoms with Gasteiger partial charge < -0.3 is 27.6 Å². The molecule has 8 N–H and O–H groups in total. The van der Waals surface area contributed by atoms with Crippen molar-refractivity contribution < 1.29 is 5.11 Å². The Bertz CT molecular complexity index is 1070. The molecule has 0 radical (unpaired) electrons. The Morgan fingerprint density at radius 1 is 0.718 bits per heavy atom. The van der Waals surface area contributed by atoms with Gasteiger partial charge in [-0.15, -0.1) is 0 Å². The van der Waals surface area contributed by atoms with Gasteiger partial charge in [0.05, 0.1) is 0 Å². The van der Waals surface area contributed by atoms with Crippen LogP contribution in [0, 0.1) is 11.8 Å². The van der Waals surface area contributed by atoms with E-state index in [0.29, 0.717) is 17.9 Å². The molecule has 5 nitrogen and oxygen atoms in total. The van der Waals surface area contributed by atoms with Crippen LogP contribution in [0.25, 0.3) is 0 Å². The quantitative estimate of drug-likeness (QED) is 0.282. The van der Waals surface area contributed by atoms with Crippen molar-refractivity contribution in [3.63, 3.8) is 0 Å². The molecule has 0 saturated heterocycles. The second kappa shape index (κ2) is 10.8. The lowest BCUT2D eigenvalue weighted by molar-refractivity contribution is 0.0713. The topological polar surface area (TPSA) is 110 Å². The standard InChI is InChI=1S/C34H54N4O/c1-30(2,24-10-8-7-9-11-24)32(5,35)25-12-16-28(17-13-25)38-31(3,4)33(6,36)26-20-22-34(37,23-21-26)27-14-18-29(39)19-15-27/h7-11,14-15,18-19,25-26,28,38-39H,12-13,16-17,20-23,35-37H2,1-6H3. The molecule has 2 atom stereocenters. The normalized spacial score (nSPS) is 29.8. The molecule has 39 heavy (non-hydrogen) atoms. The molecule has 2 fully saturated rings. The minimum atomic E-state index is -0.363. The lowest BCUT2D eigenvalue weighted by Gasteiger charge is -2.53. The molecule has 2 unspecified atom stereocenters. The van der Waals surface area contributed by atoms with E-state index in [1.165, 1.54) is 5.56 Å². The largest absolute Gasteiger partial charge is 0.508 e. The van der Waals surface area contributed by atoms with Crippen LogP contribution >= 0.6 is 0 Å². The second-order valence-electron chi connectivity index (χ2n) is 14.4. The lowest BCUT2D eigenvalue weighted by atomic mass is 9.60. The molecule has 0 aromatic heterocycles. The van der Waals surface area contributed by atoms with Gasteiger partial charge in [-0.25, -0.2) is 0 Å². The summed E-state index contributed by atoms with van der Waals surface area (Å²) in [5.74, 6) is 1.15. The third-order valence-corrected chi connectivity index (χ3v) is 11.5. The van der Waals surface area contributed by atoms with Gasteiger partial charge in [-0.1, -0.05) is 56.3 Å². The maximum atomic E-state index is 9.68. The van der Waals surface area contributed by atoms with Crippen LogP contribution in [0.1, 0.15) is 104 Å². The van der Waals surface area contributed by atoms with Gasteiger partial charge in [-0.2, -0.15) is 0 Å². The van der Waals surface area contributed by atoms with E-state index in [0.717, 1.165) is 56.9 Å². The summed E-state index contributed by atoms with van der Waals surface area (Å²) in [5, 5.41) is 13.7. The van der Waals surface area contributed by atoms with E-state index >= 15 is 0 Å². The first-order chi connectivity index (χ1) is 18.1. The molecule has 0 spiro atoms. The van der Waals surface area contributed by atoms with E-state index in [4.69, 9.17) is 17.2 Å². The Kier molecular flexibility index (Phi) is 8.33. The van der Waals surface area contributed by atoms with Crippen LogP contribution in [0.4, 0.5) is 0 Å². The summed E-state index contributed by atoms with van der Waals surface area (Å²) in [5.41, 5.74) is 22.3. The molecule has 4 rings (SSSR count). The number of hydrogen-bond donors (Lipinski definition) is 5. The molecule has 2 aromatic carbocycles. The third-order valence-electron chi connectivity index (χ3n) is 11.5. The average Bonchev–Trinajstić information content (AvgIpc) is 2.89. The smallest absolute Gasteiger partial charge is 0.115 e. The number of benzene rings is 2. The third kappa shape index (κ3) is 5.79. The van der Waals surface area contributed by atoms with Gasteiger partial charge >= 0.3 is 0 Å². The number of hydrogen-bond acceptors (Lipinski definition) is 5. The Morgan fingerprint density at radius 3 is 1.77 bits per heavy atom. The fourth-order valence-electron chi connectivity index (χ4n) is 7.50. The highest BCUT2D eigenvalue weighted by molar-refractivity contribution is 5.32. The minimum Gasteiger partial charge on any atom is -0.508 e. The number of nitrogens with two attached hydrogens (primary N) is 3. The van der Waals surface area contributed by atoms with Gasteiger partial charge in [0.1, 0.15) is 5.75 Å². The zero-order valence-corrected chi connectivity index (χ0v) is 25.3. The fraction of sp³-hybridized carbons (Fsp3) is 0.647. The maximum absolute atomic E-state index is 9.68. The van der Waals surface area contributed by atoms with Crippen LogP contribution in [0.2, 0.25) is 0 Å². The first-order valence-corrected chi connectivity index (χ1v) is 15.1. The van der Waals surface area contributed by atoms with Crippen molar-refractivity contribution in [2.45, 2.75) is 127 Å². The van der Waals surface area contributed by atoms with Crippen molar-refractivity contribution in [2.24, 2.45) is 29.0 Å². The molecule has 0 amide bonds. The minimum absolute atomic E-state index is 0.104. The van der Waals surface area contributed by atoms with E-state index in [-0.39, 0.29) is 33.3 Å². The van der Waals surface area contributed by atoms with Crippen LogP contribution in [0.3, 0.4) is 0 Å². The summed E-state index contributed by atoms with van der Waals surface area (Å²) in [4.78, 5) is 0. The van der Waals surface area contributed by atoms with Crippen molar-refractivity contribution in [1.82, 2.24) is 5.32 Å². The van der Waals surface area contributed by atoms with Gasteiger partial charge in [0.25, 0.3) is 0 Å². The summed E-state index contributed by atoms with van der Waals surface area (Å²) in [7, 11) is 0. The van der Waals surface area contributed by atoms with Crippen molar-refractivity contribution in [3.8, 4) is 5.75 Å². The highest BCUT2D eigenvalue weighted by Crippen LogP contribution is 2.46. The predicted molar refractivity (Wildman–Crippen MR) is 164 cm³/mol. The zero-order chi connectivity index (χ0) is 28.7. The summed E-state index contributed by atoms with van der Waals surface area (Å²) in [6, 6.07) is 18.6. The Labute approximate surface area is 237 Å². The van der Waals surface area contributed by atoms with Crippen molar-refractivity contribution in [2.75, 3.05) is 0 Å². The molecule has 0 aliphatic heterocycles. The highest BCUT2D eigenvalue weighted by Gasteiger charge is 2.49. The van der Waals surface area contributed by atoms with E-state index in [1.807, 2.05) is 12.1 Å². The number of phenolic OH excluding ortho intramolecular Hbond substituents is 1. The van der Waals surface area contributed by atoms with Crippen LogP contribution in [-0.4, -0.2) is 27.8 Å². The first kappa shape index (κ1) is 30.0. The molecular formula is C34H54N4O. The molecule has 2 aliphatic carbocycles. The molecule has 2 aliphatic rings. The molecular weight excluding hydrogens is 480 g/mol. The zero-order valence-electron chi connectivity index (χ0n) is 25.3. The van der Waals surface area contributed by atoms with Crippen LogP contribution in [0.5, 0.6) is 5.75 Å². The SMILES string of the molecule is CC(C)(NC1CCC(C(C)(N)C(C)(C)c2ccccc2)CC1)C(C)(N)C1CCC(N)(c2ccc(O)cc2)CC1. The van der Waals surface area contributed by atoms with Crippen molar-refractivity contribution >= 4 is 0 Å². The number of phenols is 1. The van der Waals surface area contributed by atoms with E-state index in [9.17, 15) is 5.11 Å². The molecule has 0 bridgehead atoms. The molecule has 2 aromatic rings. The number of rotatable bonds is 8. The molecule has 2 saturated carbocycles. The molecule has 216 valence electrons. The number of nitrogens with one attached hydrogen (secondary N) is 1. The molecule has 0 heterocycles. The van der Waals surface area contributed by atoms with Crippen LogP contribution < -0.4 is 22.5 Å². The summed E-state index contributed by atoms with van der Waals surface area (Å²) in [6.45, 7) is 13.7. The van der Waals surface area contributed by atoms with Gasteiger partial charge in [0, 0.05) is 33.6 Å².